The Kier molecular flexibility index (Phi) is 14.6. The van der Waals surface area contributed by atoms with E-state index in [0.29, 0.717) is 17.8 Å². The van der Waals surface area contributed by atoms with E-state index in [4.69, 9.17) is 0 Å². The van der Waals surface area contributed by atoms with Gasteiger partial charge in [0.1, 0.15) is 0 Å². The van der Waals surface area contributed by atoms with E-state index in [9.17, 15) is 0 Å². The average molecular weight is 626 g/mol. The van der Waals surface area contributed by atoms with Crippen LogP contribution in [-0.2, 0) is 6.42 Å². The molecule has 3 aliphatic rings. The SMILES string of the molecule is C=C(/C=C\CC)C(/C=C/C1=CC=C(\C=C/C(=C\C=C\Nc2ccc(CC)c(C3=C(C)C=CC3)c2)C2C=CCCC2)CC1)C(C)CCC. The van der Waals surface area contributed by atoms with Crippen LogP contribution in [0.1, 0.15) is 104 Å². The van der Waals surface area contributed by atoms with Crippen LogP contribution in [0.25, 0.3) is 5.57 Å². The molecule has 0 heterocycles. The minimum absolute atomic E-state index is 0.395. The van der Waals surface area contributed by atoms with Crippen molar-refractivity contribution < 1.29 is 0 Å². The lowest BCUT2D eigenvalue weighted by molar-refractivity contribution is 0.446. The standard InChI is InChI=1S/C46H59N/c1-7-10-17-36(5)44(35(4)16-8-2)32-28-39-25-23-38(24-26-39)27-29-42(41-19-12-11-13-20-41)21-15-33-47-43-31-30-40(9-3)46(34-43)45-22-14-18-37(45)6/h10,12,14-15,17-19,21,23,25,27-35,41,44,47H,5,7-9,11,13,16,20,22,24,26H2,1-4,6H3/b17-10-,29-27-,32-28+,33-15+,42-21+. The molecule has 248 valence electrons. The van der Waals surface area contributed by atoms with E-state index in [1.54, 1.807) is 0 Å². The monoisotopic (exact) mass is 625 g/mol. The van der Waals surface area contributed by atoms with Gasteiger partial charge in [-0.15, -0.1) is 0 Å². The Morgan fingerprint density at radius 2 is 1.85 bits per heavy atom. The summed E-state index contributed by atoms with van der Waals surface area (Å²) in [4.78, 5) is 0. The van der Waals surface area contributed by atoms with Crippen LogP contribution in [0.5, 0.6) is 0 Å². The van der Waals surface area contributed by atoms with E-state index in [0.717, 1.165) is 37.8 Å². The van der Waals surface area contributed by atoms with Gasteiger partial charge in [0.15, 0.2) is 0 Å². The molecule has 1 nitrogen and oxygen atoms in total. The first kappa shape index (κ1) is 36.0. The second-order valence-electron chi connectivity index (χ2n) is 13.5. The Morgan fingerprint density at radius 3 is 2.51 bits per heavy atom. The molecule has 1 aromatic carbocycles. The second kappa shape index (κ2) is 19.1. The van der Waals surface area contributed by atoms with Crippen molar-refractivity contribution in [1.29, 1.82) is 0 Å². The third-order valence-electron chi connectivity index (χ3n) is 9.87. The van der Waals surface area contributed by atoms with E-state index in [2.05, 4.69) is 156 Å². The Hall–Kier alpha value is -3.84. The van der Waals surface area contributed by atoms with E-state index >= 15 is 0 Å². The summed E-state index contributed by atoms with van der Waals surface area (Å²) in [6.07, 6.45) is 45.8. The first-order valence-corrected chi connectivity index (χ1v) is 18.3. The molecular weight excluding hydrogens is 567 g/mol. The average Bonchev–Trinajstić information content (AvgIpc) is 3.53. The number of nitrogens with one attached hydrogen (secondary N) is 1. The van der Waals surface area contributed by atoms with Gasteiger partial charge in [0.25, 0.3) is 0 Å². The number of allylic oxidation sites excluding steroid dienone is 20. The fourth-order valence-corrected chi connectivity index (χ4v) is 6.96. The molecule has 0 bridgehead atoms. The van der Waals surface area contributed by atoms with Gasteiger partial charge < -0.3 is 5.32 Å². The lowest BCUT2D eigenvalue weighted by Gasteiger charge is -2.22. The minimum atomic E-state index is 0.395. The molecule has 0 amide bonds. The highest BCUT2D eigenvalue weighted by atomic mass is 14.8. The molecule has 0 spiro atoms. The summed E-state index contributed by atoms with van der Waals surface area (Å²) in [5.41, 5.74) is 12.2. The van der Waals surface area contributed by atoms with Crippen LogP contribution >= 0.6 is 0 Å². The number of anilines is 1. The third-order valence-corrected chi connectivity index (χ3v) is 9.87. The van der Waals surface area contributed by atoms with Gasteiger partial charge in [-0.2, -0.15) is 0 Å². The maximum absolute atomic E-state index is 4.42. The van der Waals surface area contributed by atoms with Gasteiger partial charge in [0, 0.05) is 23.7 Å². The Labute approximate surface area is 287 Å². The zero-order valence-corrected chi connectivity index (χ0v) is 29.9. The molecule has 47 heavy (non-hydrogen) atoms. The van der Waals surface area contributed by atoms with Crippen LogP contribution in [0.2, 0.25) is 0 Å². The van der Waals surface area contributed by atoms with E-state index < -0.39 is 0 Å². The zero-order valence-electron chi connectivity index (χ0n) is 29.9. The fraction of sp³-hybridized carbons (Fsp3) is 0.391. The minimum Gasteiger partial charge on any atom is -0.362 e. The summed E-state index contributed by atoms with van der Waals surface area (Å²) < 4.78 is 0. The largest absolute Gasteiger partial charge is 0.362 e. The summed E-state index contributed by atoms with van der Waals surface area (Å²) >= 11 is 0. The zero-order chi connectivity index (χ0) is 33.4. The van der Waals surface area contributed by atoms with Crippen molar-refractivity contribution in [3.63, 3.8) is 0 Å². The first-order valence-electron chi connectivity index (χ1n) is 18.3. The molecule has 0 saturated heterocycles. The van der Waals surface area contributed by atoms with Crippen LogP contribution in [-0.4, -0.2) is 0 Å². The van der Waals surface area contributed by atoms with Crippen molar-refractivity contribution in [1.82, 2.24) is 0 Å². The fourth-order valence-electron chi connectivity index (χ4n) is 6.96. The Bertz CT molecular complexity index is 1520. The van der Waals surface area contributed by atoms with Crippen molar-refractivity contribution in [2.45, 2.75) is 98.8 Å². The van der Waals surface area contributed by atoms with Gasteiger partial charge in [-0.05, 0) is 127 Å². The van der Waals surface area contributed by atoms with Crippen LogP contribution in [0.15, 0.2) is 144 Å². The lowest BCUT2D eigenvalue weighted by atomic mass is 9.83. The van der Waals surface area contributed by atoms with Crippen molar-refractivity contribution in [3.05, 3.63) is 155 Å². The number of rotatable bonds is 16. The number of aryl methyl sites for hydroxylation is 1. The molecule has 3 unspecified atom stereocenters. The van der Waals surface area contributed by atoms with Crippen LogP contribution in [0.4, 0.5) is 5.69 Å². The molecule has 0 radical (unpaired) electrons. The van der Waals surface area contributed by atoms with Crippen molar-refractivity contribution in [2.75, 3.05) is 5.32 Å². The third kappa shape index (κ3) is 10.9. The highest BCUT2D eigenvalue weighted by molar-refractivity contribution is 5.78. The number of benzene rings is 1. The molecule has 3 aliphatic carbocycles. The predicted octanol–water partition coefficient (Wildman–Crippen LogP) is 13.5. The second-order valence-corrected chi connectivity index (χ2v) is 13.5. The summed E-state index contributed by atoms with van der Waals surface area (Å²) in [7, 11) is 0. The summed E-state index contributed by atoms with van der Waals surface area (Å²) in [5.74, 6) is 1.47. The predicted molar refractivity (Wildman–Crippen MR) is 209 cm³/mol. The molecule has 1 aromatic rings. The summed E-state index contributed by atoms with van der Waals surface area (Å²) in [5, 5.41) is 3.55. The smallest absolute Gasteiger partial charge is 0.0386 e. The van der Waals surface area contributed by atoms with Crippen molar-refractivity contribution in [2.24, 2.45) is 17.8 Å². The Balaban J connectivity index is 1.45. The van der Waals surface area contributed by atoms with Crippen molar-refractivity contribution >= 4 is 11.3 Å². The van der Waals surface area contributed by atoms with Gasteiger partial charge in [0.05, 0.1) is 0 Å². The summed E-state index contributed by atoms with van der Waals surface area (Å²) in [6.45, 7) is 15.7. The number of hydrogen-bond donors (Lipinski definition) is 1. The molecule has 1 heteroatoms. The summed E-state index contributed by atoms with van der Waals surface area (Å²) in [6, 6.07) is 6.81. The molecular formula is C46H59N. The van der Waals surface area contributed by atoms with Gasteiger partial charge in [-0.3, -0.25) is 0 Å². The highest BCUT2D eigenvalue weighted by Gasteiger charge is 2.16. The normalized spacial score (nSPS) is 20.2. The maximum atomic E-state index is 4.42. The highest BCUT2D eigenvalue weighted by Crippen LogP contribution is 2.33. The first-order chi connectivity index (χ1) is 22.9. The van der Waals surface area contributed by atoms with Gasteiger partial charge in [-0.1, -0.05) is 132 Å². The number of hydrogen-bond acceptors (Lipinski definition) is 1. The van der Waals surface area contributed by atoms with E-state index in [1.165, 1.54) is 76.7 Å². The molecule has 0 aliphatic heterocycles. The van der Waals surface area contributed by atoms with E-state index in [1.807, 2.05) is 0 Å². The lowest BCUT2D eigenvalue weighted by Crippen LogP contribution is -2.10. The van der Waals surface area contributed by atoms with Crippen LogP contribution < -0.4 is 5.32 Å². The van der Waals surface area contributed by atoms with Crippen LogP contribution in [0, 0.1) is 17.8 Å². The molecule has 1 N–H and O–H groups in total. The van der Waals surface area contributed by atoms with Gasteiger partial charge >= 0.3 is 0 Å². The van der Waals surface area contributed by atoms with Crippen LogP contribution in [0.3, 0.4) is 0 Å². The molecule has 4 rings (SSSR count). The molecule has 0 aromatic heterocycles. The van der Waals surface area contributed by atoms with Gasteiger partial charge in [0.2, 0.25) is 0 Å². The van der Waals surface area contributed by atoms with E-state index in [-0.39, 0.29) is 0 Å². The molecule has 3 atom stereocenters. The quantitative estimate of drug-likeness (QED) is 0.142. The van der Waals surface area contributed by atoms with Crippen molar-refractivity contribution in [3.8, 4) is 0 Å². The molecule has 0 fully saturated rings. The maximum Gasteiger partial charge on any atom is 0.0386 e. The van der Waals surface area contributed by atoms with Gasteiger partial charge in [-0.25, -0.2) is 0 Å². The molecule has 0 saturated carbocycles. The Morgan fingerprint density at radius 1 is 1.04 bits per heavy atom. The topological polar surface area (TPSA) is 12.0 Å².